The number of amides is 1. The Labute approximate surface area is 179 Å². The highest BCUT2D eigenvalue weighted by molar-refractivity contribution is 5.94. The van der Waals surface area contributed by atoms with Crippen LogP contribution < -0.4 is 11.1 Å². The van der Waals surface area contributed by atoms with E-state index >= 15 is 0 Å². The predicted molar refractivity (Wildman–Crippen MR) is 107 cm³/mol. The van der Waals surface area contributed by atoms with Crippen LogP contribution in [-0.2, 0) is 12.6 Å². The minimum absolute atomic E-state index is 0.0221. The van der Waals surface area contributed by atoms with E-state index in [1.807, 2.05) is 0 Å². The second-order valence-electron chi connectivity index (χ2n) is 6.91. The normalized spacial score (nSPS) is 12.4. The number of hydrogen-bond donors (Lipinski definition) is 2. The molecule has 168 valence electrons. The van der Waals surface area contributed by atoms with E-state index in [2.05, 4.69) is 20.5 Å². The highest BCUT2D eigenvalue weighted by atomic mass is 19.4. The Kier molecular flexibility index (Phi) is 6.96. The van der Waals surface area contributed by atoms with Crippen molar-refractivity contribution < 1.29 is 26.7 Å². The molecule has 3 aromatic rings. The summed E-state index contributed by atoms with van der Waals surface area (Å²) < 4.78 is 66.9. The number of anilines is 1. The molecule has 3 rings (SSSR count). The van der Waals surface area contributed by atoms with Crippen molar-refractivity contribution in [3.05, 3.63) is 71.3 Å². The lowest BCUT2D eigenvalue weighted by Crippen LogP contribution is -2.15. The van der Waals surface area contributed by atoms with Crippen LogP contribution in [0.25, 0.3) is 11.3 Å². The molecule has 6 nitrogen and oxygen atoms in total. The van der Waals surface area contributed by atoms with E-state index in [1.165, 1.54) is 36.5 Å². The van der Waals surface area contributed by atoms with Crippen molar-refractivity contribution in [2.24, 2.45) is 5.73 Å². The summed E-state index contributed by atoms with van der Waals surface area (Å²) in [5.41, 5.74) is 3.94. The Bertz CT molecular complexity index is 1090. The summed E-state index contributed by atoms with van der Waals surface area (Å²) in [5.74, 6) is -1.30. The molecular formula is C21H18F5N5O. The van der Waals surface area contributed by atoms with Gasteiger partial charge in [0.05, 0.1) is 17.0 Å². The number of benzene rings is 1. The lowest BCUT2D eigenvalue weighted by atomic mass is 10.0. The van der Waals surface area contributed by atoms with Crippen LogP contribution in [-0.4, -0.2) is 33.8 Å². The number of hydrogen-bond acceptors (Lipinski definition) is 5. The number of pyridine rings is 1. The average Bonchev–Trinajstić information content (AvgIpc) is 2.75. The number of halogens is 5. The van der Waals surface area contributed by atoms with Crippen LogP contribution in [0.3, 0.4) is 0 Å². The second-order valence-corrected chi connectivity index (χ2v) is 6.91. The molecule has 32 heavy (non-hydrogen) atoms. The highest BCUT2D eigenvalue weighted by Gasteiger charge is 2.32. The Balaban J connectivity index is 1.63. The van der Waals surface area contributed by atoms with Crippen molar-refractivity contribution in [3.63, 3.8) is 0 Å². The second kappa shape index (κ2) is 9.67. The summed E-state index contributed by atoms with van der Waals surface area (Å²) in [4.78, 5) is 15.2. The smallest absolute Gasteiger partial charge is 0.368 e. The molecule has 1 aromatic carbocycles. The van der Waals surface area contributed by atoms with E-state index in [4.69, 9.17) is 5.73 Å². The minimum atomic E-state index is -4.67. The molecule has 0 aliphatic heterocycles. The van der Waals surface area contributed by atoms with Crippen LogP contribution in [0.5, 0.6) is 0 Å². The van der Waals surface area contributed by atoms with Crippen LogP contribution in [0, 0.1) is 5.82 Å². The zero-order chi connectivity index (χ0) is 23.3. The molecule has 0 saturated carbocycles. The van der Waals surface area contributed by atoms with Crippen LogP contribution in [0.1, 0.15) is 28.0 Å². The molecule has 0 bridgehead atoms. The van der Waals surface area contributed by atoms with E-state index in [-0.39, 0.29) is 47.7 Å². The van der Waals surface area contributed by atoms with Crippen LogP contribution in [0.4, 0.5) is 27.8 Å². The third-order valence-corrected chi connectivity index (χ3v) is 4.52. The quantitative estimate of drug-likeness (QED) is 0.502. The summed E-state index contributed by atoms with van der Waals surface area (Å²) in [7, 11) is 0. The maximum absolute atomic E-state index is 14.1. The fourth-order valence-corrected chi connectivity index (χ4v) is 2.90. The van der Waals surface area contributed by atoms with Gasteiger partial charge in [0.2, 0.25) is 5.91 Å². The highest BCUT2D eigenvalue weighted by Crippen LogP contribution is 2.33. The molecular weight excluding hydrogens is 433 g/mol. The van der Waals surface area contributed by atoms with Crippen molar-refractivity contribution in [3.8, 4) is 11.3 Å². The van der Waals surface area contributed by atoms with Gasteiger partial charge in [0.15, 0.2) is 0 Å². The number of rotatable bonds is 8. The van der Waals surface area contributed by atoms with Gasteiger partial charge in [-0.3, -0.25) is 9.78 Å². The summed E-state index contributed by atoms with van der Waals surface area (Å²) in [6, 6.07) is 8.20. The van der Waals surface area contributed by atoms with E-state index in [0.29, 0.717) is 6.07 Å². The number of nitrogens with two attached hydrogens (primary N) is 1. The van der Waals surface area contributed by atoms with Gasteiger partial charge in [0.25, 0.3) is 0 Å². The number of alkyl halides is 4. The van der Waals surface area contributed by atoms with Crippen molar-refractivity contribution >= 4 is 11.7 Å². The van der Waals surface area contributed by atoms with Crippen LogP contribution >= 0.6 is 0 Å². The monoisotopic (exact) mass is 451 g/mol. The largest absolute Gasteiger partial charge is 0.416 e. The minimum Gasteiger partial charge on any atom is -0.368 e. The van der Waals surface area contributed by atoms with Crippen molar-refractivity contribution in [1.82, 2.24) is 15.2 Å². The Morgan fingerprint density at radius 2 is 1.91 bits per heavy atom. The lowest BCUT2D eigenvalue weighted by Gasteiger charge is -2.11. The van der Waals surface area contributed by atoms with Gasteiger partial charge in [-0.05, 0) is 48.9 Å². The maximum atomic E-state index is 14.1. The van der Waals surface area contributed by atoms with Crippen molar-refractivity contribution in [2.75, 3.05) is 11.9 Å². The first kappa shape index (κ1) is 23.0. The number of carbonyl (C=O) groups excluding carboxylic acids is 1. The van der Waals surface area contributed by atoms with Gasteiger partial charge in [0, 0.05) is 30.3 Å². The van der Waals surface area contributed by atoms with Crippen LogP contribution in [0.15, 0.2) is 48.7 Å². The molecule has 1 atom stereocenters. The predicted octanol–water partition coefficient (Wildman–Crippen LogP) is 4.18. The first-order valence-corrected chi connectivity index (χ1v) is 9.47. The first-order chi connectivity index (χ1) is 15.1. The Morgan fingerprint density at radius 3 is 2.53 bits per heavy atom. The van der Waals surface area contributed by atoms with Gasteiger partial charge in [-0.2, -0.15) is 13.2 Å². The average molecular weight is 451 g/mol. The lowest BCUT2D eigenvalue weighted by molar-refractivity contribution is -0.137. The van der Waals surface area contributed by atoms with Crippen molar-refractivity contribution in [2.45, 2.75) is 25.2 Å². The van der Waals surface area contributed by atoms with E-state index in [0.717, 1.165) is 6.07 Å². The van der Waals surface area contributed by atoms with Gasteiger partial charge >= 0.3 is 6.18 Å². The molecule has 2 heterocycles. The maximum Gasteiger partial charge on any atom is 0.416 e. The fourth-order valence-electron chi connectivity index (χ4n) is 2.90. The molecule has 0 aliphatic rings. The summed E-state index contributed by atoms with van der Waals surface area (Å²) in [5, 5.41) is 10.6. The topological polar surface area (TPSA) is 93.8 Å². The zero-order valence-corrected chi connectivity index (χ0v) is 16.5. The molecule has 0 saturated heterocycles. The molecule has 0 spiro atoms. The fraction of sp³-hybridized carbons (Fsp3) is 0.238. The molecule has 3 N–H and O–H groups in total. The molecule has 0 radical (unpaired) electrons. The summed E-state index contributed by atoms with van der Waals surface area (Å²) in [6.07, 6.45) is -4.74. The number of nitrogens with zero attached hydrogens (tertiary/aromatic N) is 3. The molecule has 0 aliphatic carbocycles. The van der Waals surface area contributed by atoms with Gasteiger partial charge in [0.1, 0.15) is 17.8 Å². The van der Waals surface area contributed by atoms with Gasteiger partial charge < -0.3 is 11.1 Å². The molecule has 1 amide bonds. The SMILES string of the molecule is NC(=O)c1cc(-c2ccc(NCC[C@H](F)Cc3ncccc3F)nn2)cc(C(F)(F)F)c1. The number of nitrogens with one attached hydrogen (secondary N) is 1. The zero-order valence-electron chi connectivity index (χ0n) is 16.5. The molecule has 0 fully saturated rings. The number of primary amides is 1. The van der Waals surface area contributed by atoms with E-state index < -0.39 is 29.6 Å². The van der Waals surface area contributed by atoms with E-state index in [1.54, 1.807) is 0 Å². The third-order valence-electron chi connectivity index (χ3n) is 4.52. The number of carbonyl (C=O) groups is 1. The molecule has 0 unspecified atom stereocenters. The van der Waals surface area contributed by atoms with Crippen molar-refractivity contribution in [1.29, 1.82) is 0 Å². The van der Waals surface area contributed by atoms with Gasteiger partial charge in [-0.25, -0.2) is 8.78 Å². The summed E-state index contributed by atoms with van der Waals surface area (Å²) >= 11 is 0. The van der Waals surface area contributed by atoms with Crippen LogP contribution in [0.2, 0.25) is 0 Å². The molecule has 2 aromatic heterocycles. The first-order valence-electron chi connectivity index (χ1n) is 9.47. The molecule has 11 heteroatoms. The Hall–Kier alpha value is -3.63. The third kappa shape index (κ3) is 5.96. The standard InChI is InChI=1S/C21H18F5N5O/c22-15(11-18-16(23)2-1-6-28-18)5-7-29-19-4-3-17(30-31-19)12-8-13(20(27)32)10-14(9-12)21(24,25)26/h1-4,6,8-10,15H,5,7,11H2,(H2,27,32)(H,29,31)/t15-/m0/s1. The van der Waals surface area contributed by atoms with E-state index in [9.17, 15) is 26.7 Å². The number of aromatic nitrogens is 3. The van der Waals surface area contributed by atoms with Gasteiger partial charge in [-0.1, -0.05) is 0 Å². The Morgan fingerprint density at radius 1 is 1.12 bits per heavy atom. The summed E-state index contributed by atoms with van der Waals surface area (Å²) in [6.45, 7) is 0.166. The van der Waals surface area contributed by atoms with Gasteiger partial charge in [-0.15, -0.1) is 10.2 Å².